The molecule has 1 aliphatic carbocycles. The Morgan fingerprint density at radius 2 is 1.73 bits per heavy atom. The number of aliphatic imine (C=N–C) groups is 1. The van der Waals surface area contributed by atoms with Gasteiger partial charge in [-0.1, -0.05) is 61.0 Å². The molecule has 1 atom stereocenters. The Balaban J connectivity index is 1.53. The zero-order chi connectivity index (χ0) is 21.1. The summed E-state index contributed by atoms with van der Waals surface area (Å²) in [5, 5.41) is 3.30. The van der Waals surface area contributed by atoms with Crippen LogP contribution in [0.15, 0.2) is 53.5 Å². The lowest BCUT2D eigenvalue weighted by atomic mass is 10.1. The number of carbonyl (C=O) groups is 2. The minimum Gasteiger partial charge on any atom is -0.326 e. The van der Waals surface area contributed by atoms with Crippen molar-refractivity contribution in [3.63, 3.8) is 0 Å². The van der Waals surface area contributed by atoms with Gasteiger partial charge in [0.2, 0.25) is 11.8 Å². The lowest BCUT2D eigenvalue weighted by molar-refractivity contribution is -0.129. The molecular formula is C24H27N3O2S. The van der Waals surface area contributed by atoms with Gasteiger partial charge in [0.1, 0.15) is 5.25 Å². The number of amides is 2. The molecule has 0 radical (unpaired) electrons. The third-order valence-corrected chi connectivity index (χ3v) is 6.91. The zero-order valence-corrected chi connectivity index (χ0v) is 18.2. The number of rotatable bonds is 5. The summed E-state index contributed by atoms with van der Waals surface area (Å²) in [6.45, 7) is 3.95. The highest BCUT2D eigenvalue weighted by Crippen LogP contribution is 2.37. The van der Waals surface area contributed by atoms with E-state index in [1.807, 2.05) is 67.3 Å². The van der Waals surface area contributed by atoms with E-state index in [4.69, 9.17) is 4.99 Å². The van der Waals surface area contributed by atoms with Gasteiger partial charge in [0, 0.05) is 18.2 Å². The minimum absolute atomic E-state index is 0.0123. The normalized spacial score (nSPS) is 20.9. The van der Waals surface area contributed by atoms with Crippen LogP contribution in [0.25, 0.3) is 0 Å². The van der Waals surface area contributed by atoms with Crippen LogP contribution in [0.5, 0.6) is 0 Å². The fourth-order valence-electron chi connectivity index (χ4n) is 4.18. The molecule has 1 saturated carbocycles. The lowest BCUT2D eigenvalue weighted by Gasteiger charge is -2.23. The van der Waals surface area contributed by atoms with E-state index in [1.54, 1.807) is 0 Å². The Morgan fingerprint density at radius 3 is 2.40 bits per heavy atom. The van der Waals surface area contributed by atoms with Crippen LogP contribution in [0.2, 0.25) is 0 Å². The number of carbonyl (C=O) groups excluding carboxylic acids is 2. The van der Waals surface area contributed by atoms with Gasteiger partial charge in [0.05, 0.1) is 5.69 Å². The van der Waals surface area contributed by atoms with Crippen molar-refractivity contribution in [3.8, 4) is 0 Å². The van der Waals surface area contributed by atoms with Gasteiger partial charge in [-0.05, 0) is 49.9 Å². The molecule has 6 heteroatoms. The molecule has 5 nitrogen and oxygen atoms in total. The maximum atomic E-state index is 13.3. The number of amidine groups is 1. The first-order valence-electron chi connectivity index (χ1n) is 10.5. The quantitative estimate of drug-likeness (QED) is 0.721. The summed E-state index contributed by atoms with van der Waals surface area (Å²) in [5.41, 5.74) is 3.71. The maximum Gasteiger partial charge on any atom is 0.242 e. The Hall–Kier alpha value is -2.60. The molecule has 2 aromatic carbocycles. The van der Waals surface area contributed by atoms with Gasteiger partial charge in [-0.2, -0.15) is 0 Å². The fraction of sp³-hybridized carbons (Fsp3) is 0.375. The topological polar surface area (TPSA) is 61.8 Å². The van der Waals surface area contributed by atoms with E-state index in [0.717, 1.165) is 53.4 Å². The first-order valence-corrected chi connectivity index (χ1v) is 11.4. The Morgan fingerprint density at radius 1 is 1.07 bits per heavy atom. The van der Waals surface area contributed by atoms with E-state index in [-0.39, 0.29) is 24.3 Å². The number of hydrogen-bond acceptors (Lipinski definition) is 4. The smallest absolute Gasteiger partial charge is 0.242 e. The molecular weight excluding hydrogens is 394 g/mol. The van der Waals surface area contributed by atoms with E-state index >= 15 is 0 Å². The van der Waals surface area contributed by atoms with Crippen molar-refractivity contribution in [1.82, 2.24) is 4.90 Å². The zero-order valence-electron chi connectivity index (χ0n) is 17.4. The Bertz CT molecular complexity index is 947. The number of benzene rings is 2. The van der Waals surface area contributed by atoms with Crippen LogP contribution in [0.4, 0.5) is 11.4 Å². The van der Waals surface area contributed by atoms with E-state index in [9.17, 15) is 9.59 Å². The number of nitrogens with zero attached hydrogens (tertiary/aromatic N) is 2. The van der Waals surface area contributed by atoms with Crippen LogP contribution in [0.3, 0.4) is 0 Å². The fourth-order valence-corrected chi connectivity index (χ4v) is 5.39. The minimum atomic E-state index is -0.433. The number of nitrogens with one attached hydrogen (secondary N) is 1. The molecule has 1 aliphatic heterocycles. The predicted molar refractivity (Wildman–Crippen MR) is 123 cm³/mol. The van der Waals surface area contributed by atoms with Crippen molar-refractivity contribution in [3.05, 3.63) is 59.7 Å². The molecule has 4 rings (SSSR count). The van der Waals surface area contributed by atoms with Gasteiger partial charge >= 0.3 is 0 Å². The summed E-state index contributed by atoms with van der Waals surface area (Å²) >= 11 is 1.42. The molecule has 30 heavy (non-hydrogen) atoms. The Kier molecular flexibility index (Phi) is 6.23. The maximum absolute atomic E-state index is 13.3. The van der Waals surface area contributed by atoms with Gasteiger partial charge in [-0.25, -0.2) is 4.99 Å². The highest BCUT2D eigenvalue weighted by Gasteiger charge is 2.43. The van der Waals surface area contributed by atoms with Crippen molar-refractivity contribution >= 4 is 40.1 Å². The molecule has 2 fully saturated rings. The van der Waals surface area contributed by atoms with E-state index in [2.05, 4.69) is 5.32 Å². The number of hydrogen-bond donors (Lipinski definition) is 1. The van der Waals surface area contributed by atoms with Crippen molar-refractivity contribution in [2.24, 2.45) is 4.99 Å². The molecule has 2 amide bonds. The van der Waals surface area contributed by atoms with Crippen molar-refractivity contribution in [1.29, 1.82) is 0 Å². The second kappa shape index (κ2) is 9.04. The molecule has 156 valence electrons. The second-order valence-electron chi connectivity index (χ2n) is 8.00. The average molecular weight is 422 g/mol. The van der Waals surface area contributed by atoms with Crippen molar-refractivity contribution in [2.45, 2.75) is 57.2 Å². The van der Waals surface area contributed by atoms with E-state index in [1.165, 1.54) is 11.8 Å². The van der Waals surface area contributed by atoms with E-state index < -0.39 is 5.25 Å². The standard InChI is InChI=1S/C24H27N3O2S/c1-16-9-8-10-17(2)22(16)26-21(28)15-20-23(29)27(19-13-6-7-14-19)24(30-20)25-18-11-4-3-5-12-18/h3-5,8-12,19-20H,6-7,13-15H2,1-2H3,(H,26,28)/t20-/m0/s1. The third-order valence-electron chi connectivity index (χ3n) is 5.75. The van der Waals surface area contributed by atoms with Gasteiger partial charge in [-0.3, -0.25) is 14.5 Å². The van der Waals surface area contributed by atoms with Crippen LogP contribution in [0.1, 0.15) is 43.2 Å². The van der Waals surface area contributed by atoms with Crippen molar-refractivity contribution in [2.75, 3.05) is 5.32 Å². The van der Waals surface area contributed by atoms with Crippen LogP contribution in [-0.2, 0) is 9.59 Å². The molecule has 0 spiro atoms. The first-order chi connectivity index (χ1) is 14.5. The largest absolute Gasteiger partial charge is 0.326 e. The highest BCUT2D eigenvalue weighted by atomic mass is 32.2. The summed E-state index contributed by atoms with van der Waals surface area (Å²) in [6.07, 6.45) is 4.42. The summed E-state index contributed by atoms with van der Waals surface area (Å²) < 4.78 is 0. The Labute approximate surface area is 182 Å². The molecule has 2 aromatic rings. The molecule has 0 bridgehead atoms. The number of aryl methyl sites for hydroxylation is 2. The van der Waals surface area contributed by atoms with Gasteiger partial charge < -0.3 is 5.32 Å². The second-order valence-corrected chi connectivity index (χ2v) is 9.17. The monoisotopic (exact) mass is 421 g/mol. The molecule has 2 aliphatic rings. The highest BCUT2D eigenvalue weighted by molar-refractivity contribution is 8.15. The van der Waals surface area contributed by atoms with Crippen LogP contribution in [0, 0.1) is 13.8 Å². The summed E-state index contributed by atoms with van der Waals surface area (Å²) in [7, 11) is 0. The van der Waals surface area contributed by atoms with Gasteiger partial charge in [-0.15, -0.1) is 0 Å². The summed E-state index contributed by atoms with van der Waals surface area (Å²) in [6, 6.07) is 15.8. The summed E-state index contributed by atoms with van der Waals surface area (Å²) in [5.74, 6) is -0.121. The molecule has 0 unspecified atom stereocenters. The molecule has 1 N–H and O–H groups in total. The number of para-hydroxylation sites is 2. The predicted octanol–water partition coefficient (Wildman–Crippen LogP) is 5.21. The first kappa shape index (κ1) is 20.7. The third kappa shape index (κ3) is 4.43. The molecule has 1 heterocycles. The summed E-state index contributed by atoms with van der Waals surface area (Å²) in [4.78, 5) is 32.7. The average Bonchev–Trinajstić information content (AvgIpc) is 3.34. The van der Waals surface area contributed by atoms with Gasteiger partial charge in [0.15, 0.2) is 5.17 Å². The molecule has 1 saturated heterocycles. The van der Waals surface area contributed by atoms with Crippen molar-refractivity contribution < 1.29 is 9.59 Å². The van der Waals surface area contributed by atoms with E-state index in [0.29, 0.717) is 0 Å². The van der Waals surface area contributed by atoms with Gasteiger partial charge in [0.25, 0.3) is 0 Å². The SMILES string of the molecule is Cc1cccc(C)c1NC(=O)C[C@@H]1SC(=Nc2ccccc2)N(C2CCCC2)C1=O. The van der Waals surface area contributed by atoms with Crippen LogP contribution in [-0.4, -0.2) is 33.2 Å². The molecule has 0 aromatic heterocycles. The number of anilines is 1. The number of thioether (sulfide) groups is 1. The van der Waals surface area contributed by atoms with Crippen LogP contribution < -0.4 is 5.32 Å². The lowest BCUT2D eigenvalue weighted by Crippen LogP contribution is -2.40. The van der Waals surface area contributed by atoms with Crippen LogP contribution >= 0.6 is 11.8 Å².